The van der Waals surface area contributed by atoms with Crippen molar-refractivity contribution in [2.24, 2.45) is 0 Å². The van der Waals surface area contributed by atoms with Crippen molar-refractivity contribution in [3.05, 3.63) is 32.6 Å². The minimum absolute atomic E-state index is 0.105. The van der Waals surface area contributed by atoms with Gasteiger partial charge in [0.1, 0.15) is 6.23 Å². The van der Waals surface area contributed by atoms with Crippen LogP contribution in [0.2, 0.25) is 0 Å². The molecule has 2 unspecified atom stereocenters. The van der Waals surface area contributed by atoms with Crippen LogP contribution in [0, 0.1) is 6.92 Å². The second-order valence-corrected chi connectivity index (χ2v) is 17.6. The number of aromatic amines is 1. The van der Waals surface area contributed by atoms with E-state index >= 15 is 0 Å². The summed E-state index contributed by atoms with van der Waals surface area (Å²) in [7, 11) is -4.68. The second kappa shape index (κ2) is 33.4. The Morgan fingerprint density at radius 2 is 1.09 bits per heavy atom. The van der Waals surface area contributed by atoms with Gasteiger partial charge in [-0.05, 0) is 19.8 Å². The quantitative estimate of drug-likeness (QED) is 0.0331. The SMILES string of the molecule is CCCCCCCCCCCCCCCCOC(OCCCCCCCCCCCCCCCC)OC1C[C@H](n2cc(C)c(=O)[nH]c2=O)OC1CCOP(=O)(O)O. The zero-order valence-corrected chi connectivity index (χ0v) is 37.2. The van der Waals surface area contributed by atoms with Crippen molar-refractivity contribution < 1.29 is 37.8 Å². The van der Waals surface area contributed by atoms with E-state index in [1.807, 2.05) is 0 Å². The molecule has 0 bridgehead atoms. The van der Waals surface area contributed by atoms with Gasteiger partial charge in [-0.25, -0.2) is 9.36 Å². The van der Waals surface area contributed by atoms with E-state index in [0.29, 0.717) is 18.8 Å². The van der Waals surface area contributed by atoms with Crippen molar-refractivity contribution in [3.63, 3.8) is 0 Å². The zero-order valence-electron chi connectivity index (χ0n) is 36.3. The first-order valence-corrected chi connectivity index (χ1v) is 24.7. The Hall–Kier alpha value is -1.37. The molecule has 0 aromatic carbocycles. The standard InChI is InChI=1S/C44H83N2O10P/c1-4-6-8-10-12-14-16-18-20-22-24-26-28-30-33-52-44(53-34-31-29-27-25-23-21-19-17-15-13-11-9-7-5-2)56-40-36-41(46-37-38(3)42(47)45-43(46)48)55-39(40)32-35-54-57(49,50)51/h37,39-41,44H,4-36H2,1-3H3,(H,45,47,48)(H2,49,50,51)/t39?,40?,41-/m1/s1. The Morgan fingerprint density at radius 3 is 1.49 bits per heavy atom. The number of nitrogens with zero attached hydrogens (tertiary/aromatic N) is 1. The van der Waals surface area contributed by atoms with Gasteiger partial charge >= 0.3 is 13.5 Å². The topological polar surface area (TPSA) is 159 Å². The van der Waals surface area contributed by atoms with Gasteiger partial charge in [-0.1, -0.05) is 181 Å². The molecular formula is C44H83N2O10P. The molecule has 1 aliphatic rings. The molecule has 12 nitrogen and oxygen atoms in total. The van der Waals surface area contributed by atoms with Crippen LogP contribution in [0.25, 0.3) is 0 Å². The molecule has 1 aromatic heterocycles. The molecule has 57 heavy (non-hydrogen) atoms. The average Bonchev–Trinajstić information content (AvgIpc) is 3.57. The van der Waals surface area contributed by atoms with Crippen molar-refractivity contribution >= 4 is 7.82 Å². The van der Waals surface area contributed by atoms with Crippen LogP contribution in [-0.2, 0) is 28.0 Å². The summed E-state index contributed by atoms with van der Waals surface area (Å²) in [5.74, 6) is 0. The average molecular weight is 831 g/mol. The van der Waals surface area contributed by atoms with Crippen LogP contribution in [-0.4, -0.2) is 57.8 Å². The number of rotatable bonds is 39. The van der Waals surface area contributed by atoms with Gasteiger partial charge in [-0.15, -0.1) is 0 Å². The molecule has 1 aromatic rings. The molecule has 0 saturated carbocycles. The van der Waals surface area contributed by atoms with E-state index in [0.717, 1.165) is 25.7 Å². The van der Waals surface area contributed by atoms with E-state index in [1.165, 1.54) is 165 Å². The van der Waals surface area contributed by atoms with Crippen molar-refractivity contribution in [2.45, 2.75) is 238 Å². The number of unbranched alkanes of at least 4 members (excludes halogenated alkanes) is 26. The van der Waals surface area contributed by atoms with Gasteiger partial charge in [0.15, 0.2) is 0 Å². The number of aromatic nitrogens is 2. The molecule has 0 spiro atoms. The van der Waals surface area contributed by atoms with Crippen LogP contribution in [0.5, 0.6) is 0 Å². The van der Waals surface area contributed by atoms with E-state index in [9.17, 15) is 23.9 Å². The number of phosphoric ester groups is 1. The van der Waals surface area contributed by atoms with Crippen LogP contribution in [0.15, 0.2) is 15.8 Å². The van der Waals surface area contributed by atoms with Gasteiger partial charge in [0, 0.05) is 24.6 Å². The Morgan fingerprint density at radius 1 is 0.684 bits per heavy atom. The molecule has 2 heterocycles. The summed E-state index contributed by atoms with van der Waals surface area (Å²) >= 11 is 0. The summed E-state index contributed by atoms with van der Waals surface area (Å²) in [5, 5.41) is 0. The van der Waals surface area contributed by atoms with Crippen LogP contribution < -0.4 is 11.2 Å². The lowest BCUT2D eigenvalue weighted by atomic mass is 10.0. The molecule has 1 fully saturated rings. The highest BCUT2D eigenvalue weighted by Crippen LogP contribution is 2.38. The fraction of sp³-hybridized carbons (Fsp3) is 0.909. The van der Waals surface area contributed by atoms with Gasteiger partial charge < -0.3 is 28.7 Å². The molecule has 0 amide bonds. The number of aryl methyl sites for hydroxylation is 1. The first-order chi connectivity index (χ1) is 27.6. The molecular weight excluding hydrogens is 747 g/mol. The number of phosphoric acid groups is 1. The summed E-state index contributed by atoms with van der Waals surface area (Å²) in [6.07, 6.45) is 35.3. The minimum Gasteiger partial charge on any atom is -0.352 e. The van der Waals surface area contributed by atoms with Gasteiger partial charge in [0.2, 0.25) is 0 Å². The maximum atomic E-state index is 12.7. The Bertz CT molecular complexity index is 1240. The number of nitrogens with one attached hydrogen (secondary N) is 1. The molecule has 13 heteroatoms. The fourth-order valence-electron chi connectivity index (χ4n) is 7.58. The van der Waals surface area contributed by atoms with Crippen molar-refractivity contribution in [3.8, 4) is 0 Å². The van der Waals surface area contributed by atoms with E-state index in [2.05, 4.69) is 18.8 Å². The van der Waals surface area contributed by atoms with Crippen molar-refractivity contribution in [2.75, 3.05) is 19.8 Å². The molecule has 1 aliphatic heterocycles. The Balaban J connectivity index is 1.83. The molecule has 0 aliphatic carbocycles. The second-order valence-electron chi connectivity index (χ2n) is 16.4. The Kier molecular flexibility index (Phi) is 30.3. The third kappa shape index (κ3) is 26.5. The van der Waals surface area contributed by atoms with Crippen LogP contribution in [0.3, 0.4) is 0 Å². The largest absolute Gasteiger partial charge is 0.469 e. The van der Waals surface area contributed by atoms with Gasteiger partial charge in [0.25, 0.3) is 12.0 Å². The third-order valence-electron chi connectivity index (χ3n) is 11.1. The molecule has 3 atom stereocenters. The lowest BCUT2D eigenvalue weighted by Gasteiger charge is -2.25. The highest BCUT2D eigenvalue weighted by Gasteiger charge is 2.39. The highest BCUT2D eigenvalue weighted by atomic mass is 31.2. The molecule has 0 radical (unpaired) electrons. The van der Waals surface area contributed by atoms with E-state index in [1.54, 1.807) is 6.92 Å². The lowest BCUT2D eigenvalue weighted by Crippen LogP contribution is -2.33. The number of ether oxygens (including phenoxy) is 4. The predicted molar refractivity (Wildman–Crippen MR) is 228 cm³/mol. The smallest absolute Gasteiger partial charge is 0.352 e. The van der Waals surface area contributed by atoms with E-state index in [-0.39, 0.29) is 19.4 Å². The fourth-order valence-corrected chi connectivity index (χ4v) is 7.92. The maximum absolute atomic E-state index is 12.7. The molecule has 334 valence electrons. The zero-order chi connectivity index (χ0) is 41.4. The van der Waals surface area contributed by atoms with Gasteiger partial charge in [-0.2, -0.15) is 0 Å². The number of hydrogen-bond donors (Lipinski definition) is 3. The van der Waals surface area contributed by atoms with Gasteiger partial charge in [-0.3, -0.25) is 18.9 Å². The summed E-state index contributed by atoms with van der Waals surface area (Å²) < 4.78 is 42.3. The van der Waals surface area contributed by atoms with E-state index < -0.39 is 44.0 Å². The summed E-state index contributed by atoms with van der Waals surface area (Å²) in [4.78, 5) is 45.5. The predicted octanol–water partition coefficient (Wildman–Crippen LogP) is 11.3. The van der Waals surface area contributed by atoms with Crippen LogP contribution >= 0.6 is 7.82 Å². The van der Waals surface area contributed by atoms with Gasteiger partial charge in [0.05, 0.1) is 32.0 Å². The number of H-pyrrole nitrogens is 1. The van der Waals surface area contributed by atoms with E-state index in [4.69, 9.17) is 23.5 Å². The normalized spacial score (nSPS) is 17.3. The molecule has 1 saturated heterocycles. The third-order valence-corrected chi connectivity index (χ3v) is 11.6. The minimum atomic E-state index is -4.68. The Labute approximate surface area is 345 Å². The van der Waals surface area contributed by atoms with Crippen molar-refractivity contribution in [1.82, 2.24) is 9.55 Å². The maximum Gasteiger partial charge on any atom is 0.469 e. The monoisotopic (exact) mass is 831 g/mol. The van der Waals surface area contributed by atoms with Crippen LogP contribution in [0.4, 0.5) is 0 Å². The van der Waals surface area contributed by atoms with Crippen LogP contribution in [0.1, 0.15) is 218 Å². The summed E-state index contributed by atoms with van der Waals surface area (Å²) in [5.41, 5.74) is -0.724. The molecule has 3 N–H and O–H groups in total. The highest BCUT2D eigenvalue weighted by molar-refractivity contribution is 7.46. The lowest BCUT2D eigenvalue weighted by molar-refractivity contribution is -0.308. The number of hydrogen-bond acceptors (Lipinski definition) is 8. The first kappa shape index (κ1) is 51.8. The van der Waals surface area contributed by atoms with Crippen molar-refractivity contribution in [1.29, 1.82) is 0 Å². The summed E-state index contributed by atoms with van der Waals surface area (Å²) in [6, 6.07) is 0. The molecule has 2 rings (SSSR count). The summed E-state index contributed by atoms with van der Waals surface area (Å²) in [6.45, 7) is 5.85. The first-order valence-electron chi connectivity index (χ1n) is 23.2.